The molecule has 5 heteroatoms. The number of aliphatic hydroxyl groups excluding tert-OH is 1. The van der Waals surface area contributed by atoms with E-state index in [9.17, 15) is 13.0 Å². The number of aliphatic hydroxyl groups is 1. The van der Waals surface area contributed by atoms with Crippen molar-refractivity contribution >= 4 is 10.8 Å². The molecule has 1 N–H and O–H groups in total. The van der Waals surface area contributed by atoms with E-state index in [-0.39, 0.29) is 11.3 Å². The highest BCUT2D eigenvalue weighted by atomic mass is 32.2. The van der Waals surface area contributed by atoms with Crippen LogP contribution in [0.3, 0.4) is 0 Å². The summed E-state index contributed by atoms with van der Waals surface area (Å²) in [7, 11) is -1.36. The van der Waals surface area contributed by atoms with Gasteiger partial charge in [-0.1, -0.05) is 25.1 Å². The zero-order valence-corrected chi connectivity index (χ0v) is 13.1. The van der Waals surface area contributed by atoms with Crippen molar-refractivity contribution in [2.45, 2.75) is 44.0 Å². The molecule has 1 aromatic carbocycles. The number of halogens is 2. The van der Waals surface area contributed by atoms with Gasteiger partial charge in [0, 0.05) is 26.7 Å². The van der Waals surface area contributed by atoms with Crippen molar-refractivity contribution in [3.8, 4) is 0 Å². The molecule has 0 radical (unpaired) electrons. The Morgan fingerprint density at radius 3 is 2.25 bits per heavy atom. The van der Waals surface area contributed by atoms with Gasteiger partial charge in [-0.25, -0.2) is 8.78 Å². The summed E-state index contributed by atoms with van der Waals surface area (Å²) in [4.78, 5) is 0. The molecule has 0 spiro atoms. The molecule has 0 unspecified atom stereocenters. The van der Waals surface area contributed by atoms with Gasteiger partial charge in [-0.15, -0.1) is 0 Å². The molecule has 1 aromatic rings. The van der Waals surface area contributed by atoms with Crippen molar-refractivity contribution < 1.29 is 18.1 Å². The Hall–Kier alpha value is -0.810. The fraction of sp³-hybridized carbons (Fsp3) is 0.600. The highest BCUT2D eigenvalue weighted by Gasteiger charge is 2.41. The number of rotatable bonds is 5. The largest absolute Gasteiger partial charge is 0.393 e. The van der Waals surface area contributed by atoms with E-state index < -0.39 is 39.6 Å². The van der Waals surface area contributed by atoms with Gasteiger partial charge in [-0.3, -0.25) is 4.21 Å². The number of benzene rings is 1. The van der Waals surface area contributed by atoms with Crippen LogP contribution in [0.2, 0.25) is 0 Å². The lowest BCUT2D eigenvalue weighted by Gasteiger charge is -2.34. The summed E-state index contributed by atoms with van der Waals surface area (Å²) in [5.41, 5.74) is -1.17. The predicted octanol–water partition coefficient (Wildman–Crippen LogP) is 2.96. The highest BCUT2D eigenvalue weighted by molar-refractivity contribution is 7.86. The van der Waals surface area contributed by atoms with Crippen LogP contribution < -0.4 is 0 Å². The molecular formula is C15H22F2O2S. The SMILES string of the molecule is CC(C)(C)[S@@](=O)C[C@](C)(c1ccccc1F)[C@@H](F)CO. The highest BCUT2D eigenvalue weighted by Crippen LogP contribution is 2.34. The first-order valence-electron chi connectivity index (χ1n) is 6.51. The van der Waals surface area contributed by atoms with E-state index >= 15 is 0 Å². The Morgan fingerprint density at radius 1 is 1.25 bits per heavy atom. The van der Waals surface area contributed by atoms with E-state index in [1.165, 1.54) is 25.1 Å². The van der Waals surface area contributed by atoms with Gasteiger partial charge in [0.25, 0.3) is 0 Å². The maximum Gasteiger partial charge on any atom is 0.133 e. The molecule has 1 rings (SSSR count). The average molecular weight is 304 g/mol. The second-order valence-corrected chi connectivity index (χ2v) is 8.35. The Morgan fingerprint density at radius 2 is 1.80 bits per heavy atom. The summed E-state index contributed by atoms with van der Waals surface area (Å²) in [6.45, 7) is 6.15. The van der Waals surface area contributed by atoms with Gasteiger partial charge >= 0.3 is 0 Å². The Kier molecular flexibility index (Phi) is 5.44. The Balaban J connectivity index is 3.25. The molecule has 0 amide bonds. The van der Waals surface area contributed by atoms with Gasteiger partial charge in [-0.2, -0.15) is 0 Å². The van der Waals surface area contributed by atoms with Crippen molar-refractivity contribution in [3.05, 3.63) is 35.6 Å². The van der Waals surface area contributed by atoms with Crippen LogP contribution in [0.25, 0.3) is 0 Å². The molecule has 0 fully saturated rings. The number of alkyl halides is 1. The molecule has 0 aliphatic heterocycles. The van der Waals surface area contributed by atoms with Gasteiger partial charge < -0.3 is 5.11 Å². The lowest BCUT2D eigenvalue weighted by Crippen LogP contribution is -2.44. The van der Waals surface area contributed by atoms with Crippen molar-refractivity contribution in [2.75, 3.05) is 12.4 Å². The fourth-order valence-electron chi connectivity index (χ4n) is 1.95. The van der Waals surface area contributed by atoms with Crippen LogP contribution in [-0.2, 0) is 16.2 Å². The standard InChI is InChI=1S/C15H22F2O2S/c1-14(2,3)20(19)10-15(4,13(17)9-18)11-7-5-6-8-12(11)16/h5-8,13,18H,9-10H2,1-4H3/t13-,15+,20-/m0/s1. The van der Waals surface area contributed by atoms with E-state index in [0.29, 0.717) is 0 Å². The zero-order chi connectivity index (χ0) is 15.6. The minimum Gasteiger partial charge on any atom is -0.393 e. The molecule has 0 saturated heterocycles. The molecule has 2 nitrogen and oxygen atoms in total. The molecule has 0 aromatic heterocycles. The molecule has 0 saturated carbocycles. The third-order valence-electron chi connectivity index (χ3n) is 3.45. The van der Waals surface area contributed by atoms with Gasteiger partial charge in [0.2, 0.25) is 0 Å². The first kappa shape index (κ1) is 17.2. The van der Waals surface area contributed by atoms with Crippen molar-refractivity contribution in [3.63, 3.8) is 0 Å². The topological polar surface area (TPSA) is 37.3 Å². The van der Waals surface area contributed by atoms with Gasteiger partial charge in [0.05, 0.1) is 6.61 Å². The lowest BCUT2D eigenvalue weighted by atomic mass is 9.80. The minimum absolute atomic E-state index is 0.0425. The summed E-state index contributed by atoms with van der Waals surface area (Å²) < 4.78 is 40.0. The average Bonchev–Trinajstić information content (AvgIpc) is 2.36. The lowest BCUT2D eigenvalue weighted by molar-refractivity contribution is 0.119. The third kappa shape index (κ3) is 3.64. The summed E-state index contributed by atoms with van der Waals surface area (Å²) >= 11 is 0. The van der Waals surface area contributed by atoms with Crippen LogP contribution in [0.5, 0.6) is 0 Å². The van der Waals surface area contributed by atoms with Crippen LogP contribution in [0.4, 0.5) is 8.78 Å². The second-order valence-electron chi connectivity index (χ2n) is 6.15. The summed E-state index contributed by atoms with van der Waals surface area (Å²) in [6.07, 6.45) is -1.68. The van der Waals surface area contributed by atoms with E-state index in [1.54, 1.807) is 26.8 Å². The van der Waals surface area contributed by atoms with Crippen LogP contribution in [0.15, 0.2) is 24.3 Å². The fourth-order valence-corrected chi connectivity index (χ4v) is 3.27. The molecule has 0 aliphatic carbocycles. The Labute approximate surface area is 121 Å². The summed E-state index contributed by atoms with van der Waals surface area (Å²) in [5.74, 6) is -0.587. The molecule has 0 aliphatic rings. The molecule has 114 valence electrons. The first-order chi connectivity index (χ1) is 9.13. The second kappa shape index (κ2) is 6.31. The van der Waals surface area contributed by atoms with Crippen molar-refractivity contribution in [2.24, 2.45) is 0 Å². The minimum atomic E-state index is -1.68. The van der Waals surface area contributed by atoms with Crippen molar-refractivity contribution in [1.82, 2.24) is 0 Å². The normalized spacial score (nSPS) is 18.4. The molecule has 3 atom stereocenters. The molecule has 20 heavy (non-hydrogen) atoms. The van der Waals surface area contributed by atoms with Gasteiger partial charge in [0.15, 0.2) is 0 Å². The summed E-state index contributed by atoms with van der Waals surface area (Å²) in [5, 5.41) is 9.14. The van der Waals surface area contributed by atoms with Crippen LogP contribution in [0.1, 0.15) is 33.3 Å². The molecule has 0 heterocycles. The molecular weight excluding hydrogens is 282 g/mol. The van der Waals surface area contributed by atoms with Crippen molar-refractivity contribution in [1.29, 1.82) is 0 Å². The zero-order valence-electron chi connectivity index (χ0n) is 12.3. The van der Waals surface area contributed by atoms with Crippen LogP contribution in [0, 0.1) is 5.82 Å². The first-order valence-corrected chi connectivity index (χ1v) is 7.83. The third-order valence-corrected chi connectivity index (χ3v) is 5.68. The van der Waals surface area contributed by atoms with Crippen LogP contribution in [-0.4, -0.2) is 32.6 Å². The quantitative estimate of drug-likeness (QED) is 0.908. The molecule has 0 bridgehead atoms. The monoisotopic (exact) mass is 304 g/mol. The number of hydrogen-bond donors (Lipinski definition) is 1. The van der Waals surface area contributed by atoms with E-state index in [1.807, 2.05) is 0 Å². The van der Waals surface area contributed by atoms with Gasteiger partial charge in [0.1, 0.15) is 12.0 Å². The van der Waals surface area contributed by atoms with E-state index in [4.69, 9.17) is 5.11 Å². The maximum absolute atomic E-state index is 14.2. The van der Waals surface area contributed by atoms with Crippen LogP contribution >= 0.6 is 0 Å². The summed E-state index contributed by atoms with van der Waals surface area (Å²) in [6, 6.07) is 5.86. The number of hydrogen-bond acceptors (Lipinski definition) is 2. The predicted molar refractivity (Wildman–Crippen MR) is 78.5 cm³/mol. The smallest absolute Gasteiger partial charge is 0.133 e. The van der Waals surface area contributed by atoms with Gasteiger partial charge in [-0.05, 0) is 32.4 Å². The van der Waals surface area contributed by atoms with E-state index in [0.717, 1.165) is 0 Å². The van der Waals surface area contributed by atoms with E-state index in [2.05, 4.69) is 0 Å². The Bertz CT molecular complexity index is 485. The maximum atomic E-state index is 14.2.